The van der Waals surface area contributed by atoms with E-state index in [0.717, 1.165) is 13.2 Å². The minimum atomic E-state index is -3.85. The van der Waals surface area contributed by atoms with Crippen LogP contribution < -0.4 is 0 Å². The summed E-state index contributed by atoms with van der Waals surface area (Å²) in [5.41, 5.74) is 0.704. The first-order valence-electron chi connectivity index (χ1n) is 6.85. The summed E-state index contributed by atoms with van der Waals surface area (Å²) in [7, 11) is -3.85. The second-order valence-corrected chi connectivity index (χ2v) is 7.82. The molecule has 0 fully saturated rings. The van der Waals surface area contributed by atoms with E-state index in [9.17, 15) is 17.2 Å². The van der Waals surface area contributed by atoms with Crippen molar-refractivity contribution in [3.8, 4) is 0 Å². The molecule has 0 saturated heterocycles. The molecule has 0 bridgehead atoms. The maximum atomic E-state index is 13.9. The van der Waals surface area contributed by atoms with Crippen molar-refractivity contribution in [1.82, 2.24) is 0 Å². The van der Waals surface area contributed by atoms with E-state index in [-0.39, 0.29) is 0 Å². The molecule has 0 atom stereocenters. The van der Waals surface area contributed by atoms with Crippen molar-refractivity contribution in [3.63, 3.8) is 0 Å². The Balaban J connectivity index is 2.82. The van der Waals surface area contributed by atoms with Crippen molar-refractivity contribution in [2.24, 2.45) is 0 Å². The SMILES string of the molecule is CC(F)(F)CC(c1ccccc1)(c1ccccc1)S(C)(=O)=O. The van der Waals surface area contributed by atoms with Gasteiger partial charge in [0.25, 0.3) is 0 Å². The highest BCUT2D eigenvalue weighted by Gasteiger charge is 2.49. The number of halogens is 2. The van der Waals surface area contributed by atoms with Gasteiger partial charge in [-0.3, -0.25) is 0 Å². The summed E-state index contributed by atoms with van der Waals surface area (Å²) in [5.74, 6) is -3.13. The molecule has 0 aromatic heterocycles. The predicted molar refractivity (Wildman–Crippen MR) is 83.7 cm³/mol. The average molecular weight is 324 g/mol. The van der Waals surface area contributed by atoms with Crippen LogP contribution in [0.25, 0.3) is 0 Å². The molecule has 2 aromatic rings. The molecule has 0 aliphatic rings. The van der Waals surface area contributed by atoms with Crippen molar-refractivity contribution in [2.45, 2.75) is 24.0 Å². The fraction of sp³-hybridized carbons (Fsp3) is 0.294. The number of hydrogen-bond acceptors (Lipinski definition) is 2. The molecular formula is C17H18F2O2S. The minimum Gasteiger partial charge on any atom is -0.228 e. The fourth-order valence-electron chi connectivity index (χ4n) is 2.78. The lowest BCUT2D eigenvalue weighted by atomic mass is 9.85. The average Bonchev–Trinajstić information content (AvgIpc) is 2.44. The highest BCUT2D eigenvalue weighted by Crippen LogP contribution is 2.45. The molecule has 2 rings (SSSR count). The molecule has 0 amide bonds. The molecule has 118 valence electrons. The van der Waals surface area contributed by atoms with Crippen LogP contribution in [0.3, 0.4) is 0 Å². The topological polar surface area (TPSA) is 34.1 Å². The number of benzene rings is 2. The smallest absolute Gasteiger partial charge is 0.228 e. The van der Waals surface area contributed by atoms with E-state index in [1.54, 1.807) is 60.7 Å². The van der Waals surface area contributed by atoms with Crippen LogP contribution in [-0.4, -0.2) is 20.6 Å². The van der Waals surface area contributed by atoms with E-state index in [2.05, 4.69) is 0 Å². The van der Waals surface area contributed by atoms with Gasteiger partial charge in [-0.05, 0) is 18.1 Å². The minimum absolute atomic E-state index is 0.352. The normalized spacial score (nSPS) is 13.1. The maximum absolute atomic E-state index is 13.9. The zero-order chi connectivity index (χ0) is 16.4. The maximum Gasteiger partial charge on any atom is 0.247 e. The zero-order valence-corrected chi connectivity index (χ0v) is 13.3. The Kier molecular flexibility index (Phi) is 4.38. The summed E-state index contributed by atoms with van der Waals surface area (Å²) in [5, 5.41) is 0. The van der Waals surface area contributed by atoms with Gasteiger partial charge in [0.2, 0.25) is 5.92 Å². The summed E-state index contributed by atoms with van der Waals surface area (Å²) in [6.45, 7) is 0.749. The number of alkyl halides is 2. The summed E-state index contributed by atoms with van der Waals surface area (Å²) in [6.07, 6.45) is 0.214. The highest BCUT2D eigenvalue weighted by molar-refractivity contribution is 7.91. The third kappa shape index (κ3) is 3.19. The lowest BCUT2D eigenvalue weighted by Crippen LogP contribution is -2.41. The van der Waals surface area contributed by atoms with Crippen LogP contribution in [0.4, 0.5) is 8.78 Å². The van der Waals surface area contributed by atoms with Gasteiger partial charge in [0.05, 0.1) is 0 Å². The second-order valence-electron chi connectivity index (χ2n) is 5.58. The Morgan fingerprint density at radius 1 is 0.864 bits per heavy atom. The van der Waals surface area contributed by atoms with E-state index in [4.69, 9.17) is 0 Å². The van der Waals surface area contributed by atoms with Gasteiger partial charge in [-0.15, -0.1) is 0 Å². The van der Waals surface area contributed by atoms with Gasteiger partial charge in [-0.25, -0.2) is 17.2 Å². The van der Waals surface area contributed by atoms with Crippen LogP contribution in [0.15, 0.2) is 60.7 Å². The summed E-state index contributed by atoms with van der Waals surface area (Å²) >= 11 is 0. The number of sulfone groups is 1. The molecule has 5 heteroatoms. The predicted octanol–water partition coefficient (Wildman–Crippen LogP) is 4.02. The Labute approximate surface area is 129 Å². The Morgan fingerprint density at radius 2 is 1.23 bits per heavy atom. The van der Waals surface area contributed by atoms with Crippen molar-refractivity contribution in [1.29, 1.82) is 0 Å². The fourth-order valence-corrected chi connectivity index (χ4v) is 4.43. The van der Waals surface area contributed by atoms with Gasteiger partial charge >= 0.3 is 0 Å². The summed E-state index contributed by atoms with van der Waals surface area (Å²) in [4.78, 5) is 0. The third-order valence-corrected chi connectivity index (χ3v) is 5.55. The van der Waals surface area contributed by atoms with Gasteiger partial charge < -0.3 is 0 Å². The molecular weight excluding hydrogens is 306 g/mol. The molecule has 2 nitrogen and oxygen atoms in total. The molecule has 0 N–H and O–H groups in total. The number of hydrogen-bond donors (Lipinski definition) is 0. The molecule has 0 aliphatic heterocycles. The van der Waals surface area contributed by atoms with Crippen molar-refractivity contribution < 1.29 is 17.2 Å². The van der Waals surface area contributed by atoms with E-state index >= 15 is 0 Å². The molecule has 0 spiro atoms. The monoisotopic (exact) mass is 324 g/mol. The summed E-state index contributed by atoms with van der Waals surface area (Å²) in [6, 6.07) is 16.4. The van der Waals surface area contributed by atoms with Crippen molar-refractivity contribution in [2.75, 3.05) is 6.26 Å². The van der Waals surface area contributed by atoms with Crippen molar-refractivity contribution >= 4 is 9.84 Å². The quantitative estimate of drug-likeness (QED) is 0.832. The molecule has 2 aromatic carbocycles. The van der Waals surface area contributed by atoms with Gasteiger partial charge in [0, 0.05) is 12.7 Å². The standard InChI is InChI=1S/C17H18F2O2S/c1-16(18,19)13-17(22(2,20)21,14-9-5-3-6-10-14)15-11-7-4-8-12-15/h3-12H,13H2,1-2H3. The van der Waals surface area contributed by atoms with Gasteiger partial charge in [-0.2, -0.15) is 0 Å². The van der Waals surface area contributed by atoms with Crippen molar-refractivity contribution in [3.05, 3.63) is 71.8 Å². The third-order valence-electron chi connectivity index (χ3n) is 3.67. The second kappa shape index (κ2) is 5.80. The number of rotatable bonds is 5. The first-order valence-corrected chi connectivity index (χ1v) is 8.74. The van der Waals surface area contributed by atoms with Crippen LogP contribution in [-0.2, 0) is 14.6 Å². The van der Waals surface area contributed by atoms with Gasteiger partial charge in [-0.1, -0.05) is 60.7 Å². The lowest BCUT2D eigenvalue weighted by molar-refractivity contribution is 0.00435. The van der Waals surface area contributed by atoms with Crippen LogP contribution in [0.5, 0.6) is 0 Å². The molecule has 0 unspecified atom stereocenters. The first-order chi connectivity index (χ1) is 10.2. The molecule has 0 heterocycles. The van der Waals surface area contributed by atoms with Crippen LogP contribution in [0.2, 0.25) is 0 Å². The first kappa shape index (κ1) is 16.6. The van der Waals surface area contributed by atoms with E-state index in [0.29, 0.717) is 11.1 Å². The van der Waals surface area contributed by atoms with Crippen LogP contribution >= 0.6 is 0 Å². The molecule has 0 radical (unpaired) electrons. The lowest BCUT2D eigenvalue weighted by Gasteiger charge is -2.35. The van der Waals surface area contributed by atoms with Gasteiger partial charge in [0.1, 0.15) is 4.75 Å². The van der Waals surface area contributed by atoms with E-state index in [1.165, 1.54) is 0 Å². The van der Waals surface area contributed by atoms with E-state index in [1.807, 2.05) is 0 Å². The molecule has 0 aliphatic carbocycles. The van der Waals surface area contributed by atoms with Crippen LogP contribution in [0, 0.1) is 0 Å². The van der Waals surface area contributed by atoms with Gasteiger partial charge in [0.15, 0.2) is 9.84 Å². The highest BCUT2D eigenvalue weighted by atomic mass is 32.2. The largest absolute Gasteiger partial charge is 0.247 e. The Bertz CT molecular complexity index is 681. The Morgan fingerprint density at radius 3 is 1.50 bits per heavy atom. The van der Waals surface area contributed by atoms with E-state index < -0.39 is 26.9 Å². The Hall–Kier alpha value is -1.75. The van der Waals surface area contributed by atoms with Crippen LogP contribution in [0.1, 0.15) is 24.5 Å². The molecule has 22 heavy (non-hydrogen) atoms. The zero-order valence-electron chi connectivity index (χ0n) is 12.5. The summed E-state index contributed by atoms with van der Waals surface area (Å²) < 4.78 is 51.1. The molecule has 0 saturated carbocycles.